The minimum atomic E-state index is 0.735. The van der Waals surface area contributed by atoms with Crippen LogP contribution in [-0.2, 0) is 24.3 Å². The van der Waals surface area contributed by atoms with Gasteiger partial charge in [-0.1, -0.05) is 59.2 Å². The number of benzene rings is 2. The summed E-state index contributed by atoms with van der Waals surface area (Å²) < 4.78 is 2.06. The number of hydrogen-bond donors (Lipinski definition) is 0. The normalized spacial score (nSPS) is 11.2. The van der Waals surface area contributed by atoms with E-state index in [-0.39, 0.29) is 0 Å². The summed E-state index contributed by atoms with van der Waals surface area (Å²) in [6, 6.07) is 15.7. The Kier molecular flexibility index (Phi) is 7.38. The van der Waals surface area contributed by atoms with Crippen molar-refractivity contribution in [2.24, 2.45) is 7.05 Å². The fraction of sp³-hybridized carbons (Fsp3) is 0.190. The second kappa shape index (κ2) is 10.2. The molecule has 30 heavy (non-hydrogen) atoms. The summed E-state index contributed by atoms with van der Waals surface area (Å²) in [6.45, 7) is 0. The first-order valence-electron chi connectivity index (χ1n) is 9.12. The molecule has 4 nitrogen and oxygen atoms in total. The van der Waals surface area contributed by atoms with Gasteiger partial charge in [0.15, 0.2) is 5.16 Å². The molecule has 0 aliphatic heterocycles. The molecule has 0 radical (unpaired) electrons. The lowest BCUT2D eigenvalue weighted by molar-refractivity contribution is 0.761. The van der Waals surface area contributed by atoms with E-state index >= 15 is 0 Å². The van der Waals surface area contributed by atoms with Crippen molar-refractivity contribution in [1.82, 2.24) is 19.7 Å². The van der Waals surface area contributed by atoms with Crippen LogP contribution in [0.15, 0.2) is 59.1 Å². The standard InChI is InChI=1S/C21H18Cl2N4S3/c1-27-19(25-26-21(27)30-10-14-2-6-16(22)7-3-14)12-28-13-20-24-18(11-29-20)15-4-8-17(23)9-5-15/h2-9,11H,10,12-13H2,1H3. The van der Waals surface area contributed by atoms with E-state index < -0.39 is 0 Å². The van der Waals surface area contributed by atoms with Crippen LogP contribution in [0.2, 0.25) is 10.0 Å². The Morgan fingerprint density at radius 2 is 1.60 bits per heavy atom. The van der Waals surface area contributed by atoms with Crippen molar-refractivity contribution >= 4 is 58.1 Å². The molecule has 9 heteroatoms. The maximum absolute atomic E-state index is 5.96. The summed E-state index contributed by atoms with van der Waals surface area (Å²) in [6.07, 6.45) is 0. The van der Waals surface area contributed by atoms with Crippen LogP contribution >= 0.6 is 58.1 Å². The average molecular weight is 494 g/mol. The highest BCUT2D eigenvalue weighted by molar-refractivity contribution is 7.98. The number of rotatable bonds is 8. The second-order valence-corrected chi connectivity index (χ2v) is 10.2. The molecule has 0 bridgehead atoms. The van der Waals surface area contributed by atoms with Crippen LogP contribution in [0.25, 0.3) is 11.3 Å². The highest BCUT2D eigenvalue weighted by Gasteiger charge is 2.11. The van der Waals surface area contributed by atoms with Crippen molar-refractivity contribution in [3.8, 4) is 11.3 Å². The molecule has 154 valence electrons. The number of thiazole rings is 1. The lowest BCUT2D eigenvalue weighted by Crippen LogP contribution is -1.98. The summed E-state index contributed by atoms with van der Waals surface area (Å²) in [5.41, 5.74) is 3.29. The minimum Gasteiger partial charge on any atom is -0.308 e. The number of hydrogen-bond acceptors (Lipinski definition) is 6. The van der Waals surface area contributed by atoms with E-state index in [4.69, 9.17) is 28.2 Å². The highest BCUT2D eigenvalue weighted by Crippen LogP contribution is 2.27. The lowest BCUT2D eigenvalue weighted by atomic mass is 10.2. The molecule has 0 atom stereocenters. The van der Waals surface area contributed by atoms with E-state index in [1.165, 1.54) is 5.56 Å². The zero-order valence-electron chi connectivity index (χ0n) is 16.1. The zero-order chi connectivity index (χ0) is 20.9. The molecule has 0 fully saturated rings. The molecule has 0 N–H and O–H groups in total. The van der Waals surface area contributed by atoms with Crippen LogP contribution in [0.5, 0.6) is 0 Å². The Hall–Kier alpha value is -1.51. The van der Waals surface area contributed by atoms with Gasteiger partial charge in [0.1, 0.15) is 10.8 Å². The molecule has 0 unspecified atom stereocenters. The predicted octanol–water partition coefficient (Wildman–Crippen LogP) is 6.97. The second-order valence-electron chi connectivity index (χ2n) is 6.50. The molecular weight excluding hydrogens is 475 g/mol. The fourth-order valence-electron chi connectivity index (χ4n) is 2.69. The molecule has 0 spiro atoms. The first-order chi connectivity index (χ1) is 14.6. The Bertz CT molecular complexity index is 1110. The van der Waals surface area contributed by atoms with Gasteiger partial charge in [-0.2, -0.15) is 0 Å². The van der Waals surface area contributed by atoms with Crippen LogP contribution in [-0.4, -0.2) is 19.7 Å². The van der Waals surface area contributed by atoms with E-state index in [1.807, 2.05) is 55.6 Å². The monoisotopic (exact) mass is 492 g/mol. The van der Waals surface area contributed by atoms with Crippen molar-refractivity contribution in [2.75, 3.05) is 0 Å². The molecule has 0 saturated heterocycles. The van der Waals surface area contributed by atoms with Crippen molar-refractivity contribution < 1.29 is 0 Å². The molecule has 0 amide bonds. The highest BCUT2D eigenvalue weighted by atomic mass is 35.5. The van der Waals surface area contributed by atoms with Gasteiger partial charge in [-0.05, 0) is 29.8 Å². The van der Waals surface area contributed by atoms with E-state index in [2.05, 4.69) is 20.1 Å². The number of aromatic nitrogens is 4. The van der Waals surface area contributed by atoms with E-state index in [0.29, 0.717) is 0 Å². The van der Waals surface area contributed by atoms with Crippen molar-refractivity contribution in [1.29, 1.82) is 0 Å². The zero-order valence-corrected chi connectivity index (χ0v) is 20.0. The Morgan fingerprint density at radius 3 is 2.33 bits per heavy atom. The average Bonchev–Trinajstić information content (AvgIpc) is 3.36. The summed E-state index contributed by atoms with van der Waals surface area (Å²) in [5, 5.41) is 14.3. The number of thioether (sulfide) groups is 2. The van der Waals surface area contributed by atoms with Gasteiger partial charge in [0.05, 0.1) is 11.4 Å². The summed E-state index contributed by atoms with van der Waals surface area (Å²) in [7, 11) is 2.02. The third-order valence-electron chi connectivity index (χ3n) is 4.35. The van der Waals surface area contributed by atoms with Gasteiger partial charge in [-0.15, -0.1) is 33.3 Å². The molecule has 2 aromatic heterocycles. The number of nitrogens with zero attached hydrogens (tertiary/aromatic N) is 4. The molecule has 2 heterocycles. The topological polar surface area (TPSA) is 43.6 Å². The largest absolute Gasteiger partial charge is 0.308 e. The molecule has 2 aromatic carbocycles. The maximum Gasteiger partial charge on any atom is 0.191 e. The summed E-state index contributed by atoms with van der Waals surface area (Å²) in [5.74, 6) is 3.44. The van der Waals surface area contributed by atoms with Crippen LogP contribution < -0.4 is 0 Å². The van der Waals surface area contributed by atoms with Gasteiger partial charge in [-0.25, -0.2) is 4.98 Å². The van der Waals surface area contributed by atoms with Crippen LogP contribution in [0.3, 0.4) is 0 Å². The van der Waals surface area contributed by atoms with Crippen LogP contribution in [0, 0.1) is 0 Å². The molecule has 0 saturated carbocycles. The van der Waals surface area contributed by atoms with Crippen molar-refractivity contribution in [2.45, 2.75) is 22.4 Å². The molecule has 4 rings (SSSR count). The maximum atomic E-state index is 5.96. The van der Waals surface area contributed by atoms with E-state index in [0.717, 1.165) is 54.5 Å². The SMILES string of the molecule is Cn1c(CSCc2nc(-c3ccc(Cl)cc3)cs2)nnc1SCc1ccc(Cl)cc1. The van der Waals surface area contributed by atoms with Crippen molar-refractivity contribution in [3.63, 3.8) is 0 Å². The molecule has 4 aromatic rings. The Balaban J connectivity index is 1.29. The summed E-state index contributed by atoms with van der Waals surface area (Å²) in [4.78, 5) is 4.74. The quantitative estimate of drug-likeness (QED) is 0.248. The molecule has 0 aliphatic rings. The summed E-state index contributed by atoms with van der Waals surface area (Å²) >= 11 is 17.1. The van der Waals surface area contributed by atoms with Gasteiger partial charge in [0.2, 0.25) is 0 Å². The molecule has 0 aliphatic carbocycles. The predicted molar refractivity (Wildman–Crippen MR) is 130 cm³/mol. The third-order valence-corrected chi connectivity index (χ3v) is 7.92. The van der Waals surface area contributed by atoms with Crippen LogP contribution in [0.1, 0.15) is 16.4 Å². The fourth-order valence-corrected chi connectivity index (χ4v) is 5.71. The van der Waals surface area contributed by atoms with Gasteiger partial charge >= 0.3 is 0 Å². The van der Waals surface area contributed by atoms with Gasteiger partial charge < -0.3 is 4.57 Å². The Morgan fingerprint density at radius 1 is 0.900 bits per heavy atom. The molecular formula is C21H18Cl2N4S3. The number of halogens is 2. The van der Waals surface area contributed by atoms with Gasteiger partial charge in [-0.3, -0.25) is 0 Å². The smallest absolute Gasteiger partial charge is 0.191 e. The first-order valence-corrected chi connectivity index (χ1v) is 12.9. The lowest BCUT2D eigenvalue weighted by Gasteiger charge is -2.04. The third kappa shape index (κ3) is 5.59. The van der Waals surface area contributed by atoms with E-state index in [1.54, 1.807) is 34.9 Å². The minimum absolute atomic E-state index is 0.735. The Labute approximate surface area is 198 Å². The first kappa shape index (κ1) is 21.7. The van der Waals surface area contributed by atoms with Gasteiger partial charge in [0, 0.05) is 39.5 Å². The van der Waals surface area contributed by atoms with Crippen molar-refractivity contribution in [3.05, 3.63) is 80.4 Å². The van der Waals surface area contributed by atoms with E-state index in [9.17, 15) is 0 Å². The van der Waals surface area contributed by atoms with Crippen LogP contribution in [0.4, 0.5) is 0 Å². The van der Waals surface area contributed by atoms with Gasteiger partial charge in [0.25, 0.3) is 0 Å².